The summed E-state index contributed by atoms with van der Waals surface area (Å²) in [6.45, 7) is 1.77. The molecule has 0 amide bonds. The minimum atomic E-state index is 0.735. The lowest BCUT2D eigenvalue weighted by Gasteiger charge is -2.28. The third-order valence-electron chi connectivity index (χ3n) is 4.81. The fraction of sp³-hybridized carbons (Fsp3) is 0.737. The van der Waals surface area contributed by atoms with Crippen LogP contribution >= 0.6 is 0 Å². The van der Waals surface area contributed by atoms with Crippen LogP contribution in [0.1, 0.15) is 64.2 Å². The Labute approximate surface area is 136 Å². The minimum Gasteiger partial charge on any atom is -0.492 e. The SMILES string of the molecule is CN(CCOc1ccncc1)C1CCCCCCCCCC1. The van der Waals surface area contributed by atoms with Gasteiger partial charge in [-0.2, -0.15) is 0 Å². The molecule has 0 atom stereocenters. The maximum absolute atomic E-state index is 5.81. The predicted octanol–water partition coefficient (Wildman–Crippen LogP) is 4.68. The van der Waals surface area contributed by atoms with E-state index in [1.54, 1.807) is 12.4 Å². The van der Waals surface area contributed by atoms with Gasteiger partial charge >= 0.3 is 0 Å². The van der Waals surface area contributed by atoms with Crippen molar-refractivity contribution in [2.75, 3.05) is 20.2 Å². The smallest absolute Gasteiger partial charge is 0.122 e. The van der Waals surface area contributed by atoms with Crippen LogP contribution < -0.4 is 4.74 Å². The highest BCUT2D eigenvalue weighted by atomic mass is 16.5. The number of rotatable bonds is 5. The monoisotopic (exact) mass is 304 g/mol. The van der Waals surface area contributed by atoms with E-state index in [1.807, 2.05) is 12.1 Å². The van der Waals surface area contributed by atoms with Gasteiger partial charge in [0.15, 0.2) is 0 Å². The molecule has 0 spiro atoms. The quantitative estimate of drug-likeness (QED) is 0.790. The summed E-state index contributed by atoms with van der Waals surface area (Å²) in [7, 11) is 2.26. The van der Waals surface area contributed by atoms with Gasteiger partial charge in [0.2, 0.25) is 0 Å². The zero-order valence-corrected chi connectivity index (χ0v) is 14.2. The number of ether oxygens (including phenoxy) is 1. The Morgan fingerprint density at radius 1 is 0.955 bits per heavy atom. The molecule has 0 N–H and O–H groups in total. The molecule has 2 rings (SSSR count). The Morgan fingerprint density at radius 2 is 1.50 bits per heavy atom. The van der Waals surface area contributed by atoms with Gasteiger partial charge in [0.1, 0.15) is 12.4 Å². The van der Waals surface area contributed by atoms with Crippen molar-refractivity contribution < 1.29 is 4.74 Å². The molecular weight excluding hydrogens is 272 g/mol. The summed E-state index contributed by atoms with van der Waals surface area (Å²) in [5, 5.41) is 0. The average molecular weight is 304 g/mol. The molecule has 0 bridgehead atoms. The second-order valence-corrected chi connectivity index (χ2v) is 6.57. The van der Waals surface area contributed by atoms with Crippen LogP contribution in [0.4, 0.5) is 0 Å². The van der Waals surface area contributed by atoms with Crippen molar-refractivity contribution in [2.24, 2.45) is 0 Å². The van der Waals surface area contributed by atoms with Crippen molar-refractivity contribution in [2.45, 2.75) is 70.3 Å². The first-order valence-corrected chi connectivity index (χ1v) is 9.09. The zero-order chi connectivity index (χ0) is 15.5. The van der Waals surface area contributed by atoms with Crippen molar-refractivity contribution in [3.63, 3.8) is 0 Å². The molecular formula is C19H32N2O. The minimum absolute atomic E-state index is 0.735. The summed E-state index contributed by atoms with van der Waals surface area (Å²) < 4.78 is 5.81. The number of nitrogens with zero attached hydrogens (tertiary/aromatic N) is 2. The summed E-state index contributed by atoms with van der Waals surface area (Å²) in [6.07, 6.45) is 17.6. The van der Waals surface area contributed by atoms with E-state index >= 15 is 0 Å². The van der Waals surface area contributed by atoms with Crippen molar-refractivity contribution >= 4 is 0 Å². The number of hydrogen-bond acceptors (Lipinski definition) is 3. The molecule has 0 saturated heterocycles. The first kappa shape index (κ1) is 17.3. The van der Waals surface area contributed by atoms with Crippen LogP contribution in [0.15, 0.2) is 24.5 Å². The second kappa shape index (κ2) is 10.6. The predicted molar refractivity (Wildman–Crippen MR) is 92.3 cm³/mol. The molecule has 3 nitrogen and oxygen atoms in total. The van der Waals surface area contributed by atoms with E-state index in [2.05, 4.69) is 16.9 Å². The highest BCUT2D eigenvalue weighted by Gasteiger charge is 2.14. The average Bonchev–Trinajstić information content (AvgIpc) is 2.61. The normalized spacial score (nSPS) is 18.8. The van der Waals surface area contributed by atoms with E-state index in [4.69, 9.17) is 4.74 Å². The molecule has 1 fully saturated rings. The summed E-state index contributed by atoms with van der Waals surface area (Å²) >= 11 is 0. The van der Waals surface area contributed by atoms with Gasteiger partial charge in [0.05, 0.1) is 0 Å². The van der Waals surface area contributed by atoms with Gasteiger partial charge in [0, 0.05) is 25.0 Å². The third-order valence-corrected chi connectivity index (χ3v) is 4.81. The second-order valence-electron chi connectivity index (χ2n) is 6.57. The number of aromatic nitrogens is 1. The fourth-order valence-electron chi connectivity index (χ4n) is 3.33. The van der Waals surface area contributed by atoms with Gasteiger partial charge < -0.3 is 9.64 Å². The van der Waals surface area contributed by atoms with Crippen LogP contribution in [0.2, 0.25) is 0 Å². The van der Waals surface area contributed by atoms with Crippen molar-refractivity contribution in [1.29, 1.82) is 0 Å². The number of likely N-dealkylation sites (N-methyl/N-ethyl adjacent to an activating group) is 1. The molecule has 1 aromatic rings. The van der Waals surface area contributed by atoms with Gasteiger partial charge in [-0.25, -0.2) is 0 Å². The van der Waals surface area contributed by atoms with E-state index < -0.39 is 0 Å². The maximum Gasteiger partial charge on any atom is 0.122 e. The summed E-state index contributed by atoms with van der Waals surface area (Å²) in [4.78, 5) is 6.53. The molecule has 0 aromatic carbocycles. The molecule has 22 heavy (non-hydrogen) atoms. The van der Waals surface area contributed by atoms with Crippen LogP contribution in [0.5, 0.6) is 5.75 Å². The van der Waals surface area contributed by atoms with Gasteiger partial charge in [0.25, 0.3) is 0 Å². The number of hydrogen-bond donors (Lipinski definition) is 0. The molecule has 1 aliphatic carbocycles. The molecule has 1 aromatic heterocycles. The van der Waals surface area contributed by atoms with E-state index in [0.717, 1.165) is 24.9 Å². The lowest BCUT2D eigenvalue weighted by molar-refractivity contribution is 0.172. The van der Waals surface area contributed by atoms with Crippen molar-refractivity contribution in [3.8, 4) is 5.75 Å². The molecule has 124 valence electrons. The van der Waals surface area contributed by atoms with Gasteiger partial charge in [-0.3, -0.25) is 4.98 Å². The molecule has 0 unspecified atom stereocenters. The molecule has 0 aliphatic heterocycles. The Kier molecular flexibility index (Phi) is 8.32. The van der Waals surface area contributed by atoms with Gasteiger partial charge in [-0.1, -0.05) is 51.4 Å². The van der Waals surface area contributed by atoms with Crippen LogP contribution in [-0.4, -0.2) is 36.1 Å². The van der Waals surface area contributed by atoms with Gasteiger partial charge in [-0.05, 0) is 32.0 Å². The Morgan fingerprint density at radius 3 is 2.09 bits per heavy atom. The molecule has 1 saturated carbocycles. The standard InChI is InChI=1S/C19H32N2O/c1-21(16-17-22-19-12-14-20-15-13-19)18-10-8-6-4-2-3-5-7-9-11-18/h12-15,18H,2-11,16-17H2,1H3. The fourth-order valence-corrected chi connectivity index (χ4v) is 3.33. The van der Waals surface area contributed by atoms with Crippen LogP contribution in [0, 0.1) is 0 Å². The largest absolute Gasteiger partial charge is 0.492 e. The Hall–Kier alpha value is -1.09. The van der Waals surface area contributed by atoms with Crippen LogP contribution in [-0.2, 0) is 0 Å². The van der Waals surface area contributed by atoms with Crippen molar-refractivity contribution in [3.05, 3.63) is 24.5 Å². The molecule has 0 radical (unpaired) electrons. The Balaban J connectivity index is 1.71. The van der Waals surface area contributed by atoms with E-state index in [1.165, 1.54) is 64.2 Å². The first-order chi connectivity index (χ1) is 10.9. The lowest BCUT2D eigenvalue weighted by Crippen LogP contribution is -2.35. The Bertz CT molecular complexity index is 370. The number of pyridine rings is 1. The maximum atomic E-state index is 5.81. The molecule has 3 heteroatoms. The van der Waals surface area contributed by atoms with Crippen molar-refractivity contribution in [1.82, 2.24) is 9.88 Å². The highest BCUT2D eigenvalue weighted by molar-refractivity contribution is 5.16. The molecule has 1 heterocycles. The topological polar surface area (TPSA) is 25.4 Å². The summed E-state index contributed by atoms with van der Waals surface area (Å²) in [5.74, 6) is 0.922. The summed E-state index contributed by atoms with van der Waals surface area (Å²) in [5.41, 5.74) is 0. The molecule has 1 aliphatic rings. The van der Waals surface area contributed by atoms with E-state index in [-0.39, 0.29) is 0 Å². The van der Waals surface area contributed by atoms with E-state index in [0.29, 0.717) is 0 Å². The van der Waals surface area contributed by atoms with E-state index in [9.17, 15) is 0 Å². The third kappa shape index (κ3) is 6.78. The van der Waals surface area contributed by atoms with Crippen LogP contribution in [0.25, 0.3) is 0 Å². The highest BCUT2D eigenvalue weighted by Crippen LogP contribution is 2.20. The zero-order valence-electron chi connectivity index (χ0n) is 14.2. The summed E-state index contributed by atoms with van der Waals surface area (Å²) in [6, 6.07) is 4.58. The van der Waals surface area contributed by atoms with Gasteiger partial charge in [-0.15, -0.1) is 0 Å². The first-order valence-electron chi connectivity index (χ1n) is 9.09. The lowest BCUT2D eigenvalue weighted by atomic mass is 10.0. The van der Waals surface area contributed by atoms with Crippen LogP contribution in [0.3, 0.4) is 0 Å².